The SMILES string of the molecule is CNc1nc(N)ncc1-c1ccc(OC)c(OCC2CCCN(C)C2)c1. The summed E-state index contributed by atoms with van der Waals surface area (Å²) < 4.78 is 11.6. The second-order valence-electron chi connectivity index (χ2n) is 6.69. The number of aromatic nitrogens is 2. The van der Waals surface area contributed by atoms with Crippen LogP contribution in [0.15, 0.2) is 24.4 Å². The van der Waals surface area contributed by atoms with E-state index in [1.807, 2.05) is 25.2 Å². The summed E-state index contributed by atoms with van der Waals surface area (Å²) >= 11 is 0. The Morgan fingerprint density at radius 2 is 2.19 bits per heavy atom. The number of anilines is 2. The minimum absolute atomic E-state index is 0.240. The van der Waals surface area contributed by atoms with E-state index in [0.29, 0.717) is 18.3 Å². The van der Waals surface area contributed by atoms with Crippen LogP contribution in [0, 0.1) is 5.92 Å². The molecule has 3 rings (SSSR count). The minimum atomic E-state index is 0.240. The van der Waals surface area contributed by atoms with Gasteiger partial charge in [0.05, 0.1) is 13.7 Å². The predicted molar refractivity (Wildman–Crippen MR) is 104 cm³/mol. The highest BCUT2D eigenvalue weighted by atomic mass is 16.5. The number of likely N-dealkylation sites (tertiary alicyclic amines) is 1. The first-order valence-corrected chi connectivity index (χ1v) is 8.90. The number of piperidine rings is 1. The van der Waals surface area contributed by atoms with Crippen LogP contribution in [0.3, 0.4) is 0 Å². The molecule has 1 aromatic heterocycles. The minimum Gasteiger partial charge on any atom is -0.493 e. The lowest BCUT2D eigenvalue weighted by Gasteiger charge is -2.29. The average Bonchev–Trinajstić information content (AvgIpc) is 2.66. The van der Waals surface area contributed by atoms with E-state index >= 15 is 0 Å². The molecule has 26 heavy (non-hydrogen) atoms. The van der Waals surface area contributed by atoms with E-state index in [1.165, 1.54) is 19.4 Å². The summed E-state index contributed by atoms with van der Waals surface area (Å²) in [6.45, 7) is 2.91. The average molecular weight is 357 g/mol. The molecule has 2 heterocycles. The molecule has 3 N–H and O–H groups in total. The monoisotopic (exact) mass is 357 g/mol. The van der Waals surface area contributed by atoms with Crippen molar-refractivity contribution in [3.63, 3.8) is 0 Å². The molecule has 0 aliphatic carbocycles. The molecule has 0 radical (unpaired) electrons. The summed E-state index contributed by atoms with van der Waals surface area (Å²) in [4.78, 5) is 10.7. The van der Waals surface area contributed by atoms with Crippen molar-refractivity contribution in [1.82, 2.24) is 14.9 Å². The van der Waals surface area contributed by atoms with Gasteiger partial charge in [0.1, 0.15) is 5.82 Å². The van der Waals surface area contributed by atoms with Crippen LogP contribution < -0.4 is 20.5 Å². The third-order valence-corrected chi connectivity index (χ3v) is 4.72. The molecule has 1 aliphatic heterocycles. The topological polar surface area (TPSA) is 85.5 Å². The Morgan fingerprint density at radius 1 is 1.35 bits per heavy atom. The number of rotatable bonds is 6. The molecule has 2 aromatic rings. The highest BCUT2D eigenvalue weighted by molar-refractivity contribution is 5.76. The van der Waals surface area contributed by atoms with E-state index in [9.17, 15) is 0 Å². The molecule has 1 saturated heterocycles. The van der Waals surface area contributed by atoms with Gasteiger partial charge in [0.15, 0.2) is 11.5 Å². The third-order valence-electron chi connectivity index (χ3n) is 4.72. The number of methoxy groups -OCH3 is 1. The molecule has 1 aliphatic rings. The van der Waals surface area contributed by atoms with Crippen LogP contribution >= 0.6 is 0 Å². The first kappa shape index (κ1) is 18.3. The van der Waals surface area contributed by atoms with Gasteiger partial charge in [-0.15, -0.1) is 0 Å². The smallest absolute Gasteiger partial charge is 0.221 e. The fraction of sp³-hybridized carbons (Fsp3) is 0.474. The van der Waals surface area contributed by atoms with Crippen molar-refractivity contribution in [3.8, 4) is 22.6 Å². The lowest BCUT2D eigenvalue weighted by atomic mass is 9.99. The van der Waals surface area contributed by atoms with Crippen molar-refractivity contribution in [3.05, 3.63) is 24.4 Å². The van der Waals surface area contributed by atoms with Crippen molar-refractivity contribution in [2.45, 2.75) is 12.8 Å². The first-order chi connectivity index (χ1) is 12.6. The zero-order chi connectivity index (χ0) is 18.5. The second-order valence-corrected chi connectivity index (χ2v) is 6.69. The van der Waals surface area contributed by atoms with Gasteiger partial charge in [0, 0.05) is 31.3 Å². The van der Waals surface area contributed by atoms with Crippen LogP contribution in [-0.2, 0) is 0 Å². The molecule has 7 nitrogen and oxygen atoms in total. The van der Waals surface area contributed by atoms with Crippen LogP contribution in [-0.4, -0.2) is 55.8 Å². The van der Waals surface area contributed by atoms with E-state index in [-0.39, 0.29) is 5.95 Å². The molecule has 1 fully saturated rings. The lowest BCUT2D eigenvalue weighted by Crippen LogP contribution is -2.34. The fourth-order valence-corrected chi connectivity index (χ4v) is 3.37. The Bertz CT molecular complexity index is 753. The Labute approximate surface area is 154 Å². The molecule has 0 spiro atoms. The Balaban J connectivity index is 1.82. The number of hydrogen-bond acceptors (Lipinski definition) is 7. The number of nitrogens with one attached hydrogen (secondary N) is 1. The van der Waals surface area contributed by atoms with Gasteiger partial charge in [-0.05, 0) is 44.1 Å². The van der Waals surface area contributed by atoms with Crippen molar-refractivity contribution >= 4 is 11.8 Å². The maximum Gasteiger partial charge on any atom is 0.221 e. The number of nitrogens with two attached hydrogens (primary N) is 1. The van der Waals surface area contributed by atoms with E-state index < -0.39 is 0 Å². The number of benzene rings is 1. The maximum atomic E-state index is 6.14. The molecular formula is C19H27N5O2. The predicted octanol–water partition coefficient (Wildman–Crippen LogP) is 2.50. The molecule has 1 aromatic carbocycles. The zero-order valence-electron chi connectivity index (χ0n) is 15.7. The molecule has 1 atom stereocenters. The normalized spacial score (nSPS) is 17.7. The third kappa shape index (κ3) is 4.16. The lowest BCUT2D eigenvalue weighted by molar-refractivity contribution is 0.148. The first-order valence-electron chi connectivity index (χ1n) is 8.90. The number of nitrogen functional groups attached to an aromatic ring is 1. The Hall–Kier alpha value is -2.54. The molecule has 1 unspecified atom stereocenters. The Kier molecular flexibility index (Phi) is 5.78. The van der Waals surface area contributed by atoms with Gasteiger partial charge in [-0.2, -0.15) is 4.98 Å². The highest BCUT2D eigenvalue weighted by Gasteiger charge is 2.19. The molecule has 0 bridgehead atoms. The van der Waals surface area contributed by atoms with Gasteiger partial charge >= 0.3 is 0 Å². The molecule has 0 saturated carbocycles. The van der Waals surface area contributed by atoms with E-state index in [2.05, 4.69) is 27.2 Å². The van der Waals surface area contributed by atoms with Crippen molar-refractivity contribution in [2.24, 2.45) is 5.92 Å². The van der Waals surface area contributed by atoms with Crippen LogP contribution in [0.5, 0.6) is 11.5 Å². The molecular weight excluding hydrogens is 330 g/mol. The summed E-state index contributed by atoms with van der Waals surface area (Å²) in [7, 11) is 5.63. The number of ether oxygens (including phenoxy) is 2. The van der Waals surface area contributed by atoms with Crippen LogP contribution in [0.1, 0.15) is 12.8 Å². The Morgan fingerprint density at radius 3 is 2.92 bits per heavy atom. The van der Waals surface area contributed by atoms with Gasteiger partial charge in [0.25, 0.3) is 0 Å². The quantitative estimate of drug-likeness (QED) is 0.821. The van der Waals surface area contributed by atoms with Crippen molar-refractivity contribution in [1.29, 1.82) is 0 Å². The van der Waals surface area contributed by atoms with Crippen LogP contribution in [0.2, 0.25) is 0 Å². The van der Waals surface area contributed by atoms with Gasteiger partial charge in [-0.1, -0.05) is 6.07 Å². The van der Waals surface area contributed by atoms with Gasteiger partial charge in [0.2, 0.25) is 5.95 Å². The summed E-state index contributed by atoms with van der Waals surface area (Å²) in [5, 5.41) is 3.06. The van der Waals surface area contributed by atoms with Crippen LogP contribution in [0.25, 0.3) is 11.1 Å². The van der Waals surface area contributed by atoms with E-state index in [1.54, 1.807) is 13.3 Å². The summed E-state index contributed by atoms with van der Waals surface area (Å²) in [5.74, 6) is 2.92. The van der Waals surface area contributed by atoms with Gasteiger partial charge < -0.3 is 25.4 Å². The summed E-state index contributed by atoms with van der Waals surface area (Å²) in [6, 6.07) is 5.85. The standard InChI is InChI=1S/C19H27N5O2/c1-21-18-15(10-22-19(20)23-18)14-6-7-16(25-3)17(9-14)26-12-13-5-4-8-24(2)11-13/h6-7,9-10,13H,4-5,8,11-12H2,1-3H3,(H3,20,21,22,23). The molecule has 140 valence electrons. The molecule has 7 heteroatoms. The van der Waals surface area contributed by atoms with Gasteiger partial charge in [-0.3, -0.25) is 0 Å². The summed E-state index contributed by atoms with van der Waals surface area (Å²) in [5.41, 5.74) is 7.50. The van der Waals surface area contributed by atoms with E-state index in [4.69, 9.17) is 15.2 Å². The highest BCUT2D eigenvalue weighted by Crippen LogP contribution is 2.35. The fourth-order valence-electron chi connectivity index (χ4n) is 3.37. The van der Waals surface area contributed by atoms with Crippen molar-refractivity contribution < 1.29 is 9.47 Å². The second kappa shape index (κ2) is 8.23. The van der Waals surface area contributed by atoms with E-state index in [0.717, 1.165) is 29.2 Å². The van der Waals surface area contributed by atoms with Crippen molar-refractivity contribution in [2.75, 3.05) is 52.0 Å². The number of nitrogens with zero attached hydrogens (tertiary/aromatic N) is 3. The van der Waals surface area contributed by atoms with Gasteiger partial charge in [-0.25, -0.2) is 4.98 Å². The summed E-state index contributed by atoms with van der Waals surface area (Å²) in [6.07, 6.45) is 4.13. The zero-order valence-corrected chi connectivity index (χ0v) is 15.7. The largest absolute Gasteiger partial charge is 0.493 e. The molecule has 0 amide bonds. The number of hydrogen-bond donors (Lipinski definition) is 2. The van der Waals surface area contributed by atoms with Crippen LogP contribution in [0.4, 0.5) is 11.8 Å². The maximum absolute atomic E-state index is 6.14.